The Labute approximate surface area is 124 Å². The van der Waals surface area contributed by atoms with Crippen LogP contribution in [0.1, 0.15) is 16.1 Å². The molecular weight excluding hydrogens is 300 g/mol. The van der Waals surface area contributed by atoms with Gasteiger partial charge in [-0.3, -0.25) is 10.1 Å². The molecule has 8 heteroatoms. The first-order valence-electron chi connectivity index (χ1n) is 5.85. The molecule has 0 spiro atoms. The number of hydrogen-bond donors (Lipinski definition) is 1. The number of rotatable bonds is 5. The third-order valence-corrected chi connectivity index (χ3v) is 3.05. The molecular formula is C13H11ClN2O5. The van der Waals surface area contributed by atoms with Gasteiger partial charge >= 0.3 is 5.97 Å². The number of hydrogen-bond acceptors (Lipinski definition) is 6. The van der Waals surface area contributed by atoms with Gasteiger partial charge in [-0.1, -0.05) is 11.6 Å². The van der Waals surface area contributed by atoms with Gasteiger partial charge in [0.05, 0.1) is 18.3 Å². The van der Waals surface area contributed by atoms with Gasteiger partial charge in [0.25, 0.3) is 5.69 Å². The van der Waals surface area contributed by atoms with Crippen molar-refractivity contribution in [3.63, 3.8) is 0 Å². The van der Waals surface area contributed by atoms with Crippen molar-refractivity contribution in [2.45, 2.75) is 6.54 Å². The van der Waals surface area contributed by atoms with Gasteiger partial charge in [0.15, 0.2) is 0 Å². The number of nitro groups is 1. The molecule has 1 aromatic heterocycles. The monoisotopic (exact) mass is 310 g/mol. The van der Waals surface area contributed by atoms with Crippen molar-refractivity contribution in [2.75, 3.05) is 12.4 Å². The van der Waals surface area contributed by atoms with Gasteiger partial charge in [0.1, 0.15) is 5.02 Å². The molecule has 0 aliphatic heterocycles. The van der Waals surface area contributed by atoms with Crippen molar-refractivity contribution < 1.29 is 18.9 Å². The third kappa shape index (κ3) is 3.32. The van der Waals surface area contributed by atoms with Gasteiger partial charge in [0.2, 0.25) is 5.76 Å². The average Bonchev–Trinajstić information content (AvgIpc) is 2.92. The summed E-state index contributed by atoms with van der Waals surface area (Å²) < 4.78 is 9.64. The second-order valence-electron chi connectivity index (χ2n) is 4.04. The van der Waals surface area contributed by atoms with Gasteiger partial charge in [-0.05, 0) is 18.2 Å². The van der Waals surface area contributed by atoms with Crippen LogP contribution in [0.5, 0.6) is 0 Å². The van der Waals surface area contributed by atoms with Crippen LogP contribution in [0.3, 0.4) is 0 Å². The fraction of sp³-hybridized carbons (Fsp3) is 0.154. The molecule has 2 aromatic rings. The highest BCUT2D eigenvalue weighted by atomic mass is 35.5. The number of ether oxygens (including phenoxy) is 1. The van der Waals surface area contributed by atoms with Crippen LogP contribution in [0, 0.1) is 10.1 Å². The number of halogens is 1. The standard InChI is InChI=1S/C13H11ClN2O5/c1-20-13(17)12-8(4-5-21-12)7-15-9-2-3-11(16(18)19)10(14)6-9/h2-6,15H,7H2,1H3. The highest BCUT2D eigenvalue weighted by Crippen LogP contribution is 2.27. The number of nitrogens with one attached hydrogen (secondary N) is 1. The lowest BCUT2D eigenvalue weighted by Crippen LogP contribution is -2.06. The van der Waals surface area contributed by atoms with Crippen molar-refractivity contribution in [2.24, 2.45) is 0 Å². The fourth-order valence-corrected chi connectivity index (χ4v) is 1.96. The number of nitro benzene ring substituents is 1. The quantitative estimate of drug-likeness (QED) is 0.517. The predicted octanol–water partition coefficient (Wildman–Crippen LogP) is 3.24. The lowest BCUT2D eigenvalue weighted by molar-refractivity contribution is -0.384. The molecule has 0 unspecified atom stereocenters. The van der Waals surface area contributed by atoms with E-state index in [9.17, 15) is 14.9 Å². The molecule has 0 aliphatic carbocycles. The van der Waals surface area contributed by atoms with Crippen LogP contribution in [-0.4, -0.2) is 18.0 Å². The first kappa shape index (κ1) is 14.9. The number of anilines is 1. The molecule has 7 nitrogen and oxygen atoms in total. The topological polar surface area (TPSA) is 94.6 Å². The Balaban J connectivity index is 2.10. The maximum Gasteiger partial charge on any atom is 0.374 e. The van der Waals surface area contributed by atoms with Gasteiger partial charge in [-0.25, -0.2) is 4.79 Å². The summed E-state index contributed by atoms with van der Waals surface area (Å²) in [5, 5.41) is 13.7. The van der Waals surface area contributed by atoms with E-state index in [2.05, 4.69) is 10.1 Å². The van der Waals surface area contributed by atoms with Crippen molar-refractivity contribution >= 4 is 28.9 Å². The zero-order chi connectivity index (χ0) is 15.4. The Morgan fingerprint density at radius 2 is 2.24 bits per heavy atom. The summed E-state index contributed by atoms with van der Waals surface area (Å²) >= 11 is 5.81. The van der Waals surface area contributed by atoms with E-state index in [0.717, 1.165) is 0 Å². The molecule has 0 fully saturated rings. The van der Waals surface area contributed by atoms with E-state index >= 15 is 0 Å². The van der Waals surface area contributed by atoms with Crippen LogP contribution >= 0.6 is 11.6 Å². The predicted molar refractivity (Wildman–Crippen MR) is 75.5 cm³/mol. The first-order chi connectivity index (χ1) is 10.0. The lowest BCUT2D eigenvalue weighted by Gasteiger charge is -2.06. The maximum atomic E-state index is 11.4. The normalized spacial score (nSPS) is 10.2. The van der Waals surface area contributed by atoms with Gasteiger partial charge < -0.3 is 14.5 Å². The van der Waals surface area contributed by atoms with E-state index in [1.165, 1.54) is 31.6 Å². The van der Waals surface area contributed by atoms with Crippen LogP contribution < -0.4 is 5.32 Å². The number of furan rings is 1. The van der Waals surface area contributed by atoms with Crippen LogP contribution in [0.4, 0.5) is 11.4 Å². The Morgan fingerprint density at radius 3 is 2.86 bits per heavy atom. The summed E-state index contributed by atoms with van der Waals surface area (Å²) in [6.45, 7) is 0.287. The maximum absolute atomic E-state index is 11.4. The Bertz CT molecular complexity index is 683. The number of benzene rings is 1. The van der Waals surface area contributed by atoms with Crippen LogP contribution in [-0.2, 0) is 11.3 Å². The summed E-state index contributed by atoms with van der Waals surface area (Å²) in [4.78, 5) is 21.5. The number of carbonyl (C=O) groups is 1. The molecule has 1 N–H and O–H groups in total. The molecule has 2 rings (SSSR count). The van der Waals surface area contributed by atoms with E-state index in [4.69, 9.17) is 16.0 Å². The zero-order valence-corrected chi connectivity index (χ0v) is 11.7. The number of methoxy groups -OCH3 is 1. The Morgan fingerprint density at radius 1 is 1.48 bits per heavy atom. The molecule has 0 aliphatic rings. The molecule has 110 valence electrons. The number of esters is 1. The van der Waals surface area contributed by atoms with Crippen molar-refractivity contribution in [3.8, 4) is 0 Å². The van der Waals surface area contributed by atoms with Gasteiger partial charge in [-0.2, -0.15) is 0 Å². The zero-order valence-electron chi connectivity index (χ0n) is 11.0. The van der Waals surface area contributed by atoms with Gasteiger partial charge in [-0.15, -0.1) is 0 Å². The van der Waals surface area contributed by atoms with E-state index in [0.29, 0.717) is 11.3 Å². The summed E-state index contributed by atoms with van der Waals surface area (Å²) in [5.74, 6) is -0.462. The summed E-state index contributed by atoms with van der Waals surface area (Å²) in [5.41, 5.74) is 1.03. The number of nitrogens with zero attached hydrogens (tertiary/aromatic N) is 1. The second kappa shape index (κ2) is 6.27. The third-order valence-electron chi connectivity index (χ3n) is 2.74. The smallest absolute Gasteiger partial charge is 0.374 e. The van der Waals surface area contributed by atoms with Crippen molar-refractivity contribution in [1.29, 1.82) is 0 Å². The molecule has 21 heavy (non-hydrogen) atoms. The van der Waals surface area contributed by atoms with Crippen LogP contribution in [0.2, 0.25) is 5.02 Å². The molecule has 0 atom stereocenters. The lowest BCUT2D eigenvalue weighted by atomic mass is 10.2. The minimum atomic E-state index is -0.571. The van der Waals surface area contributed by atoms with E-state index in [1.54, 1.807) is 6.07 Å². The van der Waals surface area contributed by atoms with E-state index in [-0.39, 0.29) is 23.0 Å². The van der Waals surface area contributed by atoms with E-state index < -0.39 is 10.9 Å². The largest absolute Gasteiger partial charge is 0.463 e. The first-order valence-corrected chi connectivity index (χ1v) is 6.23. The second-order valence-corrected chi connectivity index (χ2v) is 4.45. The van der Waals surface area contributed by atoms with Crippen LogP contribution in [0.15, 0.2) is 34.9 Å². The summed E-state index contributed by atoms with van der Waals surface area (Å²) in [6.07, 6.45) is 1.38. The summed E-state index contributed by atoms with van der Waals surface area (Å²) in [6, 6.07) is 5.91. The SMILES string of the molecule is COC(=O)c1occc1CNc1ccc([N+](=O)[O-])c(Cl)c1. The fourth-order valence-electron chi connectivity index (χ4n) is 1.71. The highest BCUT2D eigenvalue weighted by molar-refractivity contribution is 6.32. The molecule has 0 radical (unpaired) electrons. The molecule has 1 aromatic carbocycles. The minimum absolute atomic E-state index is 0.0328. The van der Waals surface area contributed by atoms with Crippen molar-refractivity contribution in [1.82, 2.24) is 0 Å². The molecule has 0 bridgehead atoms. The highest BCUT2D eigenvalue weighted by Gasteiger charge is 2.16. The Kier molecular flexibility index (Phi) is 4.44. The Hall–Kier alpha value is -2.54. The van der Waals surface area contributed by atoms with Crippen LogP contribution in [0.25, 0.3) is 0 Å². The molecule has 0 saturated carbocycles. The average molecular weight is 311 g/mol. The molecule has 0 saturated heterocycles. The summed E-state index contributed by atoms with van der Waals surface area (Å²) in [7, 11) is 1.26. The molecule has 0 amide bonds. The van der Waals surface area contributed by atoms with Crippen molar-refractivity contribution in [3.05, 3.63) is 57.0 Å². The van der Waals surface area contributed by atoms with E-state index in [1.807, 2.05) is 0 Å². The minimum Gasteiger partial charge on any atom is -0.463 e. The molecule has 1 heterocycles. The number of carbonyl (C=O) groups excluding carboxylic acids is 1. The van der Waals surface area contributed by atoms with Gasteiger partial charge in [0, 0.05) is 23.9 Å².